The lowest BCUT2D eigenvalue weighted by Gasteiger charge is -2.23. The van der Waals surface area contributed by atoms with Crippen LogP contribution >= 0.6 is 11.3 Å². The zero-order valence-electron chi connectivity index (χ0n) is 19.7. The van der Waals surface area contributed by atoms with Crippen molar-refractivity contribution < 1.29 is 13.2 Å². The standard InChI is InChI=1S/C27H26N4O3S2/c1-2-31(20-22-7-4-3-5-8-22)25-16-10-21(11-17-25)19-28-29-27(32)23-12-14-24(15-13-23)30-36(33,34)26-9-6-18-35-26/h3-19,30H,2,20H2,1H3,(H,29,32). The Hall–Kier alpha value is -3.95. The van der Waals surface area contributed by atoms with Crippen molar-refractivity contribution in [3.8, 4) is 0 Å². The van der Waals surface area contributed by atoms with Crippen LogP contribution in [-0.2, 0) is 16.6 Å². The van der Waals surface area contributed by atoms with Crippen LogP contribution in [0.4, 0.5) is 11.4 Å². The molecule has 0 spiro atoms. The van der Waals surface area contributed by atoms with Crippen molar-refractivity contribution >= 4 is 44.9 Å². The van der Waals surface area contributed by atoms with Crippen LogP contribution in [0, 0.1) is 0 Å². The summed E-state index contributed by atoms with van der Waals surface area (Å²) >= 11 is 1.13. The van der Waals surface area contributed by atoms with Crippen LogP contribution in [0.15, 0.2) is 106 Å². The minimum absolute atomic E-state index is 0.227. The van der Waals surface area contributed by atoms with E-state index in [1.165, 1.54) is 35.9 Å². The van der Waals surface area contributed by atoms with Crippen LogP contribution in [0.25, 0.3) is 0 Å². The highest BCUT2D eigenvalue weighted by molar-refractivity contribution is 7.94. The zero-order chi connectivity index (χ0) is 25.4. The van der Waals surface area contributed by atoms with Crippen molar-refractivity contribution in [3.05, 3.63) is 113 Å². The molecule has 4 rings (SSSR count). The molecular formula is C27H26N4O3S2. The fourth-order valence-electron chi connectivity index (χ4n) is 3.50. The van der Waals surface area contributed by atoms with Crippen molar-refractivity contribution in [2.45, 2.75) is 17.7 Å². The average molecular weight is 519 g/mol. The largest absolute Gasteiger partial charge is 0.367 e. The highest BCUT2D eigenvalue weighted by Crippen LogP contribution is 2.21. The molecule has 184 valence electrons. The number of nitrogens with one attached hydrogen (secondary N) is 2. The minimum atomic E-state index is -3.63. The van der Waals surface area contributed by atoms with Crippen molar-refractivity contribution in [1.82, 2.24) is 5.43 Å². The first-order valence-corrected chi connectivity index (χ1v) is 13.7. The number of amides is 1. The van der Waals surface area contributed by atoms with E-state index in [4.69, 9.17) is 0 Å². The van der Waals surface area contributed by atoms with Gasteiger partial charge in [-0.2, -0.15) is 5.10 Å². The van der Waals surface area contributed by atoms with Gasteiger partial charge >= 0.3 is 0 Å². The molecule has 9 heteroatoms. The van der Waals surface area contributed by atoms with Gasteiger partial charge in [-0.1, -0.05) is 48.5 Å². The lowest BCUT2D eigenvalue weighted by atomic mass is 10.1. The van der Waals surface area contributed by atoms with Gasteiger partial charge in [0.25, 0.3) is 15.9 Å². The predicted octanol–water partition coefficient (Wildman–Crippen LogP) is 5.34. The second-order valence-electron chi connectivity index (χ2n) is 7.91. The minimum Gasteiger partial charge on any atom is -0.367 e. The molecule has 0 saturated heterocycles. The van der Waals surface area contributed by atoms with Gasteiger partial charge in [-0.05, 0) is 65.9 Å². The monoisotopic (exact) mass is 518 g/mol. The Kier molecular flexibility index (Phi) is 8.14. The van der Waals surface area contributed by atoms with Gasteiger partial charge in [-0.15, -0.1) is 11.3 Å². The third-order valence-electron chi connectivity index (χ3n) is 5.40. The normalized spacial score (nSPS) is 11.4. The van der Waals surface area contributed by atoms with Crippen LogP contribution in [-0.4, -0.2) is 27.1 Å². The Morgan fingerprint density at radius 1 is 0.944 bits per heavy atom. The molecular weight excluding hydrogens is 492 g/mol. The molecule has 0 aliphatic rings. The number of carbonyl (C=O) groups is 1. The SMILES string of the molecule is CCN(Cc1ccccc1)c1ccc(C=NNC(=O)c2ccc(NS(=O)(=O)c3cccs3)cc2)cc1. The van der Waals surface area contributed by atoms with E-state index in [0.29, 0.717) is 11.3 Å². The molecule has 0 fully saturated rings. The van der Waals surface area contributed by atoms with Crippen LogP contribution in [0.3, 0.4) is 0 Å². The lowest BCUT2D eigenvalue weighted by molar-refractivity contribution is 0.0955. The van der Waals surface area contributed by atoms with Crippen molar-refractivity contribution in [3.63, 3.8) is 0 Å². The Labute approximate surface area is 215 Å². The van der Waals surface area contributed by atoms with Crippen molar-refractivity contribution in [2.24, 2.45) is 5.10 Å². The number of hydrogen-bond acceptors (Lipinski definition) is 6. The Morgan fingerprint density at radius 3 is 2.31 bits per heavy atom. The summed E-state index contributed by atoms with van der Waals surface area (Å²) < 4.78 is 27.4. The second kappa shape index (κ2) is 11.7. The molecule has 0 atom stereocenters. The van der Waals surface area contributed by atoms with Gasteiger partial charge in [-0.25, -0.2) is 13.8 Å². The van der Waals surface area contributed by atoms with Crippen LogP contribution in [0.2, 0.25) is 0 Å². The highest BCUT2D eigenvalue weighted by Gasteiger charge is 2.15. The second-order valence-corrected chi connectivity index (χ2v) is 10.8. The molecule has 1 heterocycles. The van der Waals surface area contributed by atoms with E-state index in [-0.39, 0.29) is 4.21 Å². The Morgan fingerprint density at radius 2 is 1.67 bits per heavy atom. The maximum absolute atomic E-state index is 12.4. The van der Waals surface area contributed by atoms with Gasteiger partial charge in [0.2, 0.25) is 0 Å². The first-order valence-electron chi connectivity index (χ1n) is 11.3. The van der Waals surface area contributed by atoms with E-state index in [0.717, 1.165) is 35.7 Å². The fraction of sp³-hybridized carbons (Fsp3) is 0.111. The fourth-order valence-corrected chi connectivity index (χ4v) is 5.55. The average Bonchev–Trinajstić information content (AvgIpc) is 3.45. The van der Waals surface area contributed by atoms with E-state index < -0.39 is 15.9 Å². The number of anilines is 2. The summed E-state index contributed by atoms with van der Waals surface area (Å²) in [5.41, 5.74) is 6.45. The quantitative estimate of drug-likeness (QED) is 0.219. The molecule has 0 aliphatic heterocycles. The van der Waals surface area contributed by atoms with Gasteiger partial charge in [0.15, 0.2) is 0 Å². The zero-order valence-corrected chi connectivity index (χ0v) is 21.3. The van der Waals surface area contributed by atoms with Crippen LogP contribution in [0.1, 0.15) is 28.4 Å². The number of sulfonamides is 1. The summed E-state index contributed by atoms with van der Waals surface area (Å²) in [6, 6.07) is 27.7. The molecule has 2 N–H and O–H groups in total. The third-order valence-corrected chi connectivity index (χ3v) is 8.17. The molecule has 0 radical (unpaired) electrons. The molecule has 1 aromatic heterocycles. The summed E-state index contributed by atoms with van der Waals surface area (Å²) in [6.45, 7) is 3.83. The smallest absolute Gasteiger partial charge is 0.271 e. The molecule has 4 aromatic rings. The van der Waals surface area contributed by atoms with Gasteiger partial charge in [0, 0.05) is 30.0 Å². The van der Waals surface area contributed by atoms with Gasteiger partial charge in [-0.3, -0.25) is 9.52 Å². The number of benzene rings is 3. The number of nitrogens with zero attached hydrogens (tertiary/aromatic N) is 2. The van der Waals surface area contributed by atoms with Gasteiger partial charge in [0.1, 0.15) is 4.21 Å². The van der Waals surface area contributed by atoms with E-state index in [2.05, 4.69) is 39.2 Å². The summed E-state index contributed by atoms with van der Waals surface area (Å²) in [6.07, 6.45) is 1.58. The molecule has 1 amide bonds. The van der Waals surface area contributed by atoms with Crippen LogP contribution < -0.4 is 15.0 Å². The number of hydrogen-bond donors (Lipinski definition) is 2. The lowest BCUT2D eigenvalue weighted by Crippen LogP contribution is -2.21. The molecule has 0 saturated carbocycles. The summed E-state index contributed by atoms with van der Waals surface area (Å²) in [5, 5.41) is 5.74. The van der Waals surface area contributed by atoms with Gasteiger partial charge in [0.05, 0.1) is 6.21 Å². The molecule has 0 unspecified atom stereocenters. The van der Waals surface area contributed by atoms with E-state index >= 15 is 0 Å². The Balaban J connectivity index is 1.31. The number of thiophene rings is 1. The molecule has 7 nitrogen and oxygen atoms in total. The maximum Gasteiger partial charge on any atom is 0.271 e. The van der Waals surface area contributed by atoms with Crippen molar-refractivity contribution in [2.75, 3.05) is 16.2 Å². The molecule has 3 aromatic carbocycles. The molecule has 0 bridgehead atoms. The summed E-state index contributed by atoms with van der Waals surface area (Å²) in [4.78, 5) is 14.7. The van der Waals surface area contributed by atoms with E-state index in [9.17, 15) is 13.2 Å². The Bertz CT molecular complexity index is 1400. The first kappa shape index (κ1) is 25.2. The molecule has 36 heavy (non-hydrogen) atoms. The molecule has 0 aliphatic carbocycles. The van der Waals surface area contributed by atoms with E-state index in [1.54, 1.807) is 17.7 Å². The number of rotatable bonds is 10. The number of hydrazone groups is 1. The summed E-state index contributed by atoms with van der Waals surface area (Å²) in [5.74, 6) is -0.393. The number of carbonyl (C=O) groups excluding carboxylic acids is 1. The highest BCUT2D eigenvalue weighted by atomic mass is 32.2. The summed E-state index contributed by atoms with van der Waals surface area (Å²) in [7, 11) is -3.63. The topological polar surface area (TPSA) is 90.9 Å². The first-order chi connectivity index (χ1) is 17.4. The van der Waals surface area contributed by atoms with Crippen molar-refractivity contribution in [1.29, 1.82) is 0 Å². The van der Waals surface area contributed by atoms with Gasteiger partial charge < -0.3 is 4.90 Å². The predicted molar refractivity (Wildman–Crippen MR) is 146 cm³/mol. The third kappa shape index (κ3) is 6.59. The maximum atomic E-state index is 12.4. The van der Waals surface area contributed by atoms with Crippen LogP contribution in [0.5, 0.6) is 0 Å². The van der Waals surface area contributed by atoms with E-state index in [1.807, 2.05) is 42.5 Å².